The largest absolute Gasteiger partial charge is 0.501 e. The minimum atomic E-state index is 0.797. The third-order valence-corrected chi connectivity index (χ3v) is 3.64. The lowest BCUT2D eigenvalue weighted by molar-refractivity contribution is 0.178. The van der Waals surface area contributed by atoms with Crippen LogP contribution in [-0.4, -0.2) is 19.8 Å². The molecule has 1 saturated carbocycles. The summed E-state index contributed by atoms with van der Waals surface area (Å²) in [5.41, 5.74) is 1.52. The average Bonchev–Trinajstić information content (AvgIpc) is 2.83. The van der Waals surface area contributed by atoms with Crippen LogP contribution < -0.4 is 0 Å². The first-order valence-electron chi connectivity index (χ1n) is 6.82. The molecule has 2 fully saturated rings. The predicted molar refractivity (Wildman–Crippen MR) is 65.3 cm³/mol. The lowest BCUT2D eigenvalue weighted by Crippen LogP contribution is -2.01. The van der Waals surface area contributed by atoms with E-state index in [0.717, 1.165) is 25.7 Å². The topological polar surface area (TPSA) is 18.5 Å². The smallest absolute Gasteiger partial charge is 0.0873 e. The highest BCUT2D eigenvalue weighted by Crippen LogP contribution is 2.23. The third kappa shape index (κ3) is 4.17. The van der Waals surface area contributed by atoms with Crippen molar-refractivity contribution in [3.8, 4) is 0 Å². The molecule has 1 aliphatic heterocycles. The molecule has 0 aromatic rings. The Morgan fingerprint density at radius 1 is 1.25 bits per heavy atom. The van der Waals surface area contributed by atoms with Gasteiger partial charge in [0.25, 0.3) is 0 Å². The number of hydrogen-bond acceptors (Lipinski definition) is 2. The van der Waals surface area contributed by atoms with Crippen LogP contribution in [0.3, 0.4) is 0 Å². The molecule has 1 aliphatic carbocycles. The van der Waals surface area contributed by atoms with E-state index in [1.165, 1.54) is 56.9 Å². The molecule has 2 rings (SSSR count). The van der Waals surface area contributed by atoms with Gasteiger partial charge in [-0.15, -0.1) is 0 Å². The third-order valence-electron chi connectivity index (χ3n) is 3.64. The molecule has 16 heavy (non-hydrogen) atoms. The van der Waals surface area contributed by atoms with Crippen LogP contribution in [0.15, 0.2) is 11.8 Å². The summed E-state index contributed by atoms with van der Waals surface area (Å²) in [4.78, 5) is 0. The molecule has 0 amide bonds. The van der Waals surface area contributed by atoms with E-state index in [1.807, 2.05) is 6.26 Å². The van der Waals surface area contributed by atoms with E-state index in [9.17, 15) is 0 Å². The summed E-state index contributed by atoms with van der Waals surface area (Å²) in [5.74, 6) is 0.797. The average molecular weight is 224 g/mol. The Labute approximate surface area is 99.0 Å². The van der Waals surface area contributed by atoms with E-state index in [1.54, 1.807) is 0 Å². The van der Waals surface area contributed by atoms with Crippen LogP contribution in [0.1, 0.15) is 51.4 Å². The fourth-order valence-corrected chi connectivity index (χ4v) is 2.57. The van der Waals surface area contributed by atoms with E-state index < -0.39 is 0 Å². The number of allylic oxidation sites excluding steroid dienone is 1. The molecule has 2 aliphatic rings. The summed E-state index contributed by atoms with van der Waals surface area (Å²) in [6.07, 6.45) is 12.4. The number of ether oxygens (including phenoxy) is 2. The maximum atomic E-state index is 5.63. The highest BCUT2D eigenvalue weighted by Gasteiger charge is 2.14. The summed E-state index contributed by atoms with van der Waals surface area (Å²) in [6.45, 7) is 2.83. The van der Waals surface area contributed by atoms with Gasteiger partial charge in [0.1, 0.15) is 0 Å². The Bertz CT molecular complexity index is 209. The zero-order chi connectivity index (χ0) is 11.1. The van der Waals surface area contributed by atoms with Crippen LogP contribution in [0.2, 0.25) is 0 Å². The molecule has 1 atom stereocenters. The van der Waals surface area contributed by atoms with Gasteiger partial charge in [-0.3, -0.25) is 0 Å². The van der Waals surface area contributed by atoms with Crippen molar-refractivity contribution in [3.63, 3.8) is 0 Å². The van der Waals surface area contributed by atoms with Crippen LogP contribution in [0.4, 0.5) is 0 Å². The molecule has 0 bridgehead atoms. The van der Waals surface area contributed by atoms with Crippen molar-refractivity contribution >= 4 is 0 Å². The van der Waals surface area contributed by atoms with Crippen molar-refractivity contribution in [2.45, 2.75) is 51.4 Å². The van der Waals surface area contributed by atoms with Gasteiger partial charge in [0, 0.05) is 13.2 Å². The second-order valence-corrected chi connectivity index (χ2v) is 5.08. The van der Waals surface area contributed by atoms with E-state index in [0.29, 0.717) is 0 Å². The SMILES string of the molecule is C(OCCCC1CCOC1)=C1CCCCC1. The zero-order valence-corrected chi connectivity index (χ0v) is 10.2. The summed E-state index contributed by atoms with van der Waals surface area (Å²) in [5, 5.41) is 0. The quantitative estimate of drug-likeness (QED) is 0.524. The van der Waals surface area contributed by atoms with Crippen LogP contribution >= 0.6 is 0 Å². The second kappa shape index (κ2) is 6.95. The highest BCUT2D eigenvalue weighted by atomic mass is 16.5. The van der Waals surface area contributed by atoms with Crippen LogP contribution in [0.5, 0.6) is 0 Å². The standard InChI is InChI=1S/C14H24O2/c1-2-5-13(6-3-1)11-15-9-4-7-14-8-10-16-12-14/h11,14H,1-10,12H2. The lowest BCUT2D eigenvalue weighted by atomic mass is 9.96. The molecule has 1 heterocycles. The molecule has 0 spiro atoms. The zero-order valence-electron chi connectivity index (χ0n) is 10.2. The minimum Gasteiger partial charge on any atom is -0.501 e. The highest BCUT2D eigenvalue weighted by molar-refractivity contribution is 5.00. The van der Waals surface area contributed by atoms with Gasteiger partial charge in [-0.2, -0.15) is 0 Å². The fraction of sp³-hybridized carbons (Fsp3) is 0.857. The fourth-order valence-electron chi connectivity index (χ4n) is 2.57. The van der Waals surface area contributed by atoms with Gasteiger partial charge in [0.2, 0.25) is 0 Å². The van der Waals surface area contributed by atoms with Gasteiger partial charge < -0.3 is 9.47 Å². The molecule has 1 unspecified atom stereocenters. The minimum absolute atomic E-state index is 0.797. The molecule has 1 saturated heterocycles. The normalized spacial score (nSPS) is 25.8. The van der Waals surface area contributed by atoms with E-state index in [4.69, 9.17) is 9.47 Å². The van der Waals surface area contributed by atoms with Gasteiger partial charge in [-0.1, -0.05) is 6.42 Å². The second-order valence-electron chi connectivity index (χ2n) is 5.08. The first kappa shape index (κ1) is 12.0. The molecular weight excluding hydrogens is 200 g/mol. The Hall–Kier alpha value is -0.500. The molecule has 0 N–H and O–H groups in total. The summed E-state index contributed by atoms with van der Waals surface area (Å²) >= 11 is 0. The van der Waals surface area contributed by atoms with E-state index >= 15 is 0 Å². The maximum Gasteiger partial charge on any atom is 0.0873 e. The van der Waals surface area contributed by atoms with Gasteiger partial charge in [0.15, 0.2) is 0 Å². The number of rotatable bonds is 5. The van der Waals surface area contributed by atoms with Crippen LogP contribution in [0, 0.1) is 5.92 Å². The predicted octanol–water partition coefficient (Wildman–Crippen LogP) is 3.67. The van der Waals surface area contributed by atoms with Crippen molar-refractivity contribution in [1.82, 2.24) is 0 Å². The van der Waals surface area contributed by atoms with E-state index in [-0.39, 0.29) is 0 Å². The van der Waals surface area contributed by atoms with Crippen LogP contribution in [0.25, 0.3) is 0 Å². The summed E-state index contributed by atoms with van der Waals surface area (Å²) in [6, 6.07) is 0. The van der Waals surface area contributed by atoms with Gasteiger partial charge >= 0.3 is 0 Å². The Morgan fingerprint density at radius 2 is 2.12 bits per heavy atom. The van der Waals surface area contributed by atoms with Crippen LogP contribution in [-0.2, 0) is 9.47 Å². The molecule has 0 aromatic heterocycles. The first-order valence-corrected chi connectivity index (χ1v) is 6.82. The summed E-state index contributed by atoms with van der Waals surface area (Å²) in [7, 11) is 0. The Morgan fingerprint density at radius 3 is 2.88 bits per heavy atom. The molecular formula is C14H24O2. The molecule has 0 radical (unpaired) electrons. The Balaban J connectivity index is 1.50. The first-order chi connectivity index (χ1) is 7.95. The molecule has 92 valence electrons. The molecule has 2 heteroatoms. The summed E-state index contributed by atoms with van der Waals surface area (Å²) < 4.78 is 11.0. The lowest BCUT2D eigenvalue weighted by Gasteiger charge is -2.13. The van der Waals surface area contributed by atoms with Crippen molar-refractivity contribution in [1.29, 1.82) is 0 Å². The van der Waals surface area contributed by atoms with Gasteiger partial charge in [-0.25, -0.2) is 0 Å². The van der Waals surface area contributed by atoms with Crippen molar-refractivity contribution in [3.05, 3.63) is 11.8 Å². The van der Waals surface area contributed by atoms with Gasteiger partial charge in [-0.05, 0) is 56.4 Å². The van der Waals surface area contributed by atoms with E-state index in [2.05, 4.69) is 0 Å². The molecule has 0 aromatic carbocycles. The van der Waals surface area contributed by atoms with Crippen molar-refractivity contribution in [2.24, 2.45) is 5.92 Å². The number of hydrogen-bond donors (Lipinski definition) is 0. The maximum absolute atomic E-state index is 5.63. The monoisotopic (exact) mass is 224 g/mol. The molecule has 2 nitrogen and oxygen atoms in total. The van der Waals surface area contributed by atoms with Crippen molar-refractivity contribution < 1.29 is 9.47 Å². The van der Waals surface area contributed by atoms with Crippen molar-refractivity contribution in [2.75, 3.05) is 19.8 Å². The van der Waals surface area contributed by atoms with Gasteiger partial charge in [0.05, 0.1) is 12.9 Å². The Kier molecular flexibility index (Phi) is 5.20.